The van der Waals surface area contributed by atoms with Crippen molar-refractivity contribution in [1.82, 2.24) is 10.6 Å². The van der Waals surface area contributed by atoms with E-state index in [9.17, 15) is 4.79 Å². The summed E-state index contributed by atoms with van der Waals surface area (Å²) in [6.07, 6.45) is 0.829. The Morgan fingerprint density at radius 2 is 2.16 bits per heavy atom. The maximum atomic E-state index is 12.1. The number of carbonyl (C=O) groups is 1. The summed E-state index contributed by atoms with van der Waals surface area (Å²) in [5.41, 5.74) is 3.71. The van der Waals surface area contributed by atoms with Gasteiger partial charge in [-0.05, 0) is 57.1 Å². The van der Waals surface area contributed by atoms with Crippen LogP contribution in [0.3, 0.4) is 0 Å². The largest absolute Gasteiger partial charge is 0.358 e. The molecule has 1 heterocycles. The Morgan fingerprint density at radius 3 is 2.84 bits per heavy atom. The molecule has 104 valence electrons. The standard InChI is InChI=1S/C15H23N3O/c1-11-4-5-13(10-12(11)2)18-9-8-17-15(19)14(18)6-7-16-3/h4-5,10,14,16H,6-9H2,1-3H3,(H,17,19). The van der Waals surface area contributed by atoms with Crippen LogP contribution in [-0.2, 0) is 4.79 Å². The summed E-state index contributed by atoms with van der Waals surface area (Å²) in [6, 6.07) is 6.36. The van der Waals surface area contributed by atoms with Crippen molar-refractivity contribution in [1.29, 1.82) is 0 Å². The van der Waals surface area contributed by atoms with Gasteiger partial charge in [0, 0.05) is 18.8 Å². The Bertz CT molecular complexity index is 459. The van der Waals surface area contributed by atoms with Crippen LogP contribution in [0.25, 0.3) is 0 Å². The quantitative estimate of drug-likeness (QED) is 0.856. The first-order valence-corrected chi connectivity index (χ1v) is 6.89. The number of carbonyl (C=O) groups excluding carboxylic acids is 1. The topological polar surface area (TPSA) is 44.4 Å². The van der Waals surface area contributed by atoms with Crippen molar-refractivity contribution < 1.29 is 4.79 Å². The molecule has 1 saturated heterocycles. The molecule has 1 aromatic rings. The second-order valence-electron chi connectivity index (χ2n) is 5.16. The van der Waals surface area contributed by atoms with Crippen LogP contribution < -0.4 is 15.5 Å². The highest BCUT2D eigenvalue weighted by atomic mass is 16.2. The first-order chi connectivity index (χ1) is 9.13. The Labute approximate surface area is 115 Å². The third-order valence-electron chi connectivity index (χ3n) is 3.82. The molecular weight excluding hydrogens is 238 g/mol. The zero-order valence-corrected chi connectivity index (χ0v) is 12.0. The molecule has 2 rings (SSSR count). The van der Waals surface area contributed by atoms with Crippen molar-refractivity contribution in [2.45, 2.75) is 26.3 Å². The fraction of sp³-hybridized carbons (Fsp3) is 0.533. The predicted molar refractivity (Wildman–Crippen MR) is 78.6 cm³/mol. The first kappa shape index (κ1) is 13.9. The van der Waals surface area contributed by atoms with E-state index >= 15 is 0 Å². The molecule has 4 heteroatoms. The zero-order chi connectivity index (χ0) is 13.8. The number of benzene rings is 1. The van der Waals surface area contributed by atoms with Gasteiger partial charge in [0.25, 0.3) is 0 Å². The van der Waals surface area contributed by atoms with Crippen LogP contribution in [0.1, 0.15) is 17.5 Å². The summed E-state index contributed by atoms with van der Waals surface area (Å²) >= 11 is 0. The number of anilines is 1. The fourth-order valence-electron chi connectivity index (χ4n) is 2.50. The van der Waals surface area contributed by atoms with E-state index in [2.05, 4.69) is 47.6 Å². The van der Waals surface area contributed by atoms with Crippen molar-refractivity contribution in [3.05, 3.63) is 29.3 Å². The molecule has 0 bridgehead atoms. The average molecular weight is 261 g/mol. The zero-order valence-electron chi connectivity index (χ0n) is 12.0. The van der Waals surface area contributed by atoms with E-state index < -0.39 is 0 Å². The summed E-state index contributed by atoms with van der Waals surface area (Å²) in [4.78, 5) is 14.3. The smallest absolute Gasteiger partial charge is 0.242 e. The predicted octanol–water partition coefficient (Wildman–Crippen LogP) is 1.22. The SMILES string of the molecule is CNCCC1C(=O)NCCN1c1ccc(C)c(C)c1. The number of hydrogen-bond donors (Lipinski definition) is 2. The van der Waals surface area contributed by atoms with Crippen molar-refractivity contribution in [3.8, 4) is 0 Å². The lowest BCUT2D eigenvalue weighted by atomic mass is 10.0. The lowest BCUT2D eigenvalue weighted by Gasteiger charge is -2.37. The minimum Gasteiger partial charge on any atom is -0.358 e. The molecule has 2 N–H and O–H groups in total. The second-order valence-corrected chi connectivity index (χ2v) is 5.16. The van der Waals surface area contributed by atoms with Gasteiger partial charge in [-0.3, -0.25) is 4.79 Å². The molecule has 0 saturated carbocycles. The molecule has 1 atom stereocenters. The van der Waals surface area contributed by atoms with Crippen molar-refractivity contribution in [2.75, 3.05) is 31.6 Å². The molecule has 1 amide bonds. The first-order valence-electron chi connectivity index (χ1n) is 6.89. The molecule has 1 aliphatic rings. The molecule has 1 aliphatic heterocycles. The Hall–Kier alpha value is -1.55. The normalized spacial score (nSPS) is 19.4. The number of amides is 1. The van der Waals surface area contributed by atoms with Gasteiger partial charge in [0.2, 0.25) is 5.91 Å². The van der Waals surface area contributed by atoms with Crippen LogP contribution in [0, 0.1) is 13.8 Å². The van der Waals surface area contributed by atoms with Gasteiger partial charge in [-0.15, -0.1) is 0 Å². The molecule has 19 heavy (non-hydrogen) atoms. The van der Waals surface area contributed by atoms with Crippen LogP contribution in [-0.4, -0.2) is 38.6 Å². The summed E-state index contributed by atoms with van der Waals surface area (Å²) in [5, 5.41) is 6.08. The Balaban J connectivity index is 2.23. The maximum absolute atomic E-state index is 12.1. The van der Waals surface area contributed by atoms with Gasteiger partial charge >= 0.3 is 0 Å². The molecule has 1 fully saturated rings. The monoisotopic (exact) mass is 261 g/mol. The molecule has 0 spiro atoms. The third kappa shape index (κ3) is 3.07. The molecule has 1 aromatic carbocycles. The van der Waals surface area contributed by atoms with Crippen LogP contribution in [0.15, 0.2) is 18.2 Å². The molecular formula is C15H23N3O. The second kappa shape index (κ2) is 6.06. The van der Waals surface area contributed by atoms with Gasteiger partial charge in [0.05, 0.1) is 0 Å². The summed E-state index contributed by atoms with van der Waals surface area (Å²) in [6.45, 7) is 6.68. The Kier molecular flexibility index (Phi) is 4.43. The summed E-state index contributed by atoms with van der Waals surface area (Å²) < 4.78 is 0. The van der Waals surface area contributed by atoms with Crippen LogP contribution in [0.4, 0.5) is 5.69 Å². The van der Waals surface area contributed by atoms with Crippen LogP contribution in [0.2, 0.25) is 0 Å². The highest BCUT2D eigenvalue weighted by Crippen LogP contribution is 2.23. The molecule has 4 nitrogen and oxygen atoms in total. The van der Waals surface area contributed by atoms with E-state index in [4.69, 9.17) is 0 Å². The van der Waals surface area contributed by atoms with E-state index in [0.29, 0.717) is 0 Å². The average Bonchev–Trinajstić information content (AvgIpc) is 2.40. The van der Waals surface area contributed by atoms with Crippen molar-refractivity contribution in [3.63, 3.8) is 0 Å². The third-order valence-corrected chi connectivity index (χ3v) is 3.82. The lowest BCUT2D eigenvalue weighted by molar-refractivity contribution is -0.123. The number of piperazine rings is 1. The highest BCUT2D eigenvalue weighted by Gasteiger charge is 2.29. The number of hydrogen-bond acceptors (Lipinski definition) is 3. The Morgan fingerprint density at radius 1 is 1.37 bits per heavy atom. The number of aryl methyl sites for hydroxylation is 2. The molecule has 0 aliphatic carbocycles. The van der Waals surface area contributed by atoms with E-state index in [1.54, 1.807) is 0 Å². The van der Waals surface area contributed by atoms with E-state index in [0.717, 1.165) is 31.7 Å². The van der Waals surface area contributed by atoms with Gasteiger partial charge in [-0.2, -0.15) is 0 Å². The summed E-state index contributed by atoms with van der Waals surface area (Å²) in [7, 11) is 1.92. The minimum atomic E-state index is -0.0664. The fourth-order valence-corrected chi connectivity index (χ4v) is 2.50. The van der Waals surface area contributed by atoms with Gasteiger partial charge in [-0.1, -0.05) is 6.07 Å². The van der Waals surface area contributed by atoms with Crippen molar-refractivity contribution in [2.24, 2.45) is 0 Å². The van der Waals surface area contributed by atoms with Crippen molar-refractivity contribution >= 4 is 11.6 Å². The molecule has 0 radical (unpaired) electrons. The number of nitrogens with one attached hydrogen (secondary N) is 2. The van der Waals surface area contributed by atoms with Crippen LogP contribution in [0.5, 0.6) is 0 Å². The van der Waals surface area contributed by atoms with Crippen LogP contribution >= 0.6 is 0 Å². The highest BCUT2D eigenvalue weighted by molar-refractivity contribution is 5.86. The maximum Gasteiger partial charge on any atom is 0.242 e. The van der Waals surface area contributed by atoms with Gasteiger partial charge in [0.1, 0.15) is 6.04 Å². The number of rotatable bonds is 4. The van der Waals surface area contributed by atoms with E-state index in [1.165, 1.54) is 11.1 Å². The van der Waals surface area contributed by atoms with Gasteiger partial charge < -0.3 is 15.5 Å². The van der Waals surface area contributed by atoms with E-state index in [1.807, 2.05) is 7.05 Å². The lowest BCUT2D eigenvalue weighted by Crippen LogP contribution is -2.56. The van der Waals surface area contributed by atoms with E-state index in [-0.39, 0.29) is 11.9 Å². The van der Waals surface area contributed by atoms with Gasteiger partial charge in [-0.25, -0.2) is 0 Å². The molecule has 1 unspecified atom stereocenters. The molecule has 0 aromatic heterocycles. The minimum absolute atomic E-state index is 0.0664. The van der Waals surface area contributed by atoms with Gasteiger partial charge in [0.15, 0.2) is 0 Å². The number of nitrogens with zero attached hydrogens (tertiary/aromatic N) is 1. The summed E-state index contributed by atoms with van der Waals surface area (Å²) in [5.74, 6) is 0.139.